The maximum absolute atomic E-state index is 13.6. The molecule has 9 heteroatoms. The van der Waals surface area contributed by atoms with E-state index in [1.54, 1.807) is 45.2 Å². The smallest absolute Gasteiger partial charge is 0.340 e. The molecule has 1 N–H and O–H groups in total. The fourth-order valence-corrected chi connectivity index (χ4v) is 3.85. The number of benzene rings is 1. The second kappa shape index (κ2) is 7.23. The lowest BCUT2D eigenvalue weighted by Gasteiger charge is -2.30. The van der Waals surface area contributed by atoms with E-state index >= 15 is 0 Å². The number of rotatable bonds is 5. The minimum atomic E-state index is -4.31. The molecule has 1 rings (SSSR count). The maximum atomic E-state index is 13.6. The zero-order chi connectivity index (χ0) is 17.2. The molecule has 0 saturated heterocycles. The number of carboxylic acid groups (broad SMARTS) is 1. The fraction of sp³-hybridized carbons (Fsp3) is 0.385. The van der Waals surface area contributed by atoms with Gasteiger partial charge >= 0.3 is 11.9 Å². The summed E-state index contributed by atoms with van der Waals surface area (Å²) in [5, 5.41) is 20.0. The van der Waals surface area contributed by atoms with E-state index < -0.39 is 29.9 Å². The monoisotopic (exact) mass is 539 g/mol. The van der Waals surface area contributed by atoms with Gasteiger partial charge < -0.3 is 19.7 Å². The van der Waals surface area contributed by atoms with Crippen LogP contribution in [0.5, 0.6) is 5.75 Å². The van der Waals surface area contributed by atoms with Gasteiger partial charge in [0.1, 0.15) is 11.7 Å². The number of alkyl halides is 2. The first-order chi connectivity index (χ1) is 9.98. The molecule has 22 heavy (non-hydrogen) atoms. The molecule has 0 radical (unpaired) electrons. The Bertz CT molecular complexity index is 581. The number of ether oxygens (including phenoxy) is 1. The van der Waals surface area contributed by atoms with E-state index in [4.69, 9.17) is 4.74 Å². The van der Waals surface area contributed by atoms with Crippen molar-refractivity contribution < 1.29 is 33.3 Å². The number of hydrogen-bond acceptors (Lipinski definition) is 5. The molecule has 0 aliphatic rings. The predicted octanol–water partition coefficient (Wildman–Crippen LogP) is 2.17. The van der Waals surface area contributed by atoms with E-state index in [2.05, 4.69) is 0 Å². The Morgan fingerprint density at radius 2 is 1.73 bits per heavy atom. The second-order valence-corrected chi connectivity index (χ2v) is 7.09. The zero-order valence-corrected chi connectivity index (χ0v) is 15.7. The van der Waals surface area contributed by atoms with Gasteiger partial charge in [0.05, 0.1) is 5.56 Å². The van der Waals surface area contributed by atoms with Crippen molar-refractivity contribution in [3.05, 3.63) is 24.8 Å². The summed E-state index contributed by atoms with van der Waals surface area (Å²) in [6, 6.07) is 2.53. The maximum Gasteiger partial charge on any atom is 0.340 e. The van der Waals surface area contributed by atoms with Gasteiger partial charge in [-0.2, -0.15) is 8.78 Å². The summed E-state index contributed by atoms with van der Waals surface area (Å²) in [6.45, 7) is 2.61. The molecule has 0 aromatic heterocycles. The lowest BCUT2D eigenvalue weighted by atomic mass is 10.0. The molecule has 0 aliphatic carbocycles. The number of esters is 1. The average molecular weight is 539 g/mol. The van der Waals surface area contributed by atoms with E-state index in [0.29, 0.717) is 7.14 Å². The second-order valence-electron chi connectivity index (χ2n) is 4.76. The van der Waals surface area contributed by atoms with Crippen molar-refractivity contribution in [2.75, 3.05) is 0 Å². The predicted molar refractivity (Wildman–Crippen MR) is 87.5 cm³/mol. The van der Waals surface area contributed by atoms with Gasteiger partial charge in [0.25, 0.3) is 0 Å². The number of halogens is 4. The lowest BCUT2D eigenvalue weighted by Crippen LogP contribution is -2.53. The number of aliphatic carboxylic acids is 1. The number of phenolic OH excluding ortho intramolecular Hbond substituents is 1. The van der Waals surface area contributed by atoms with Crippen LogP contribution in [-0.4, -0.2) is 29.1 Å². The van der Waals surface area contributed by atoms with Gasteiger partial charge in [0.15, 0.2) is 6.10 Å². The molecule has 0 bridgehead atoms. The van der Waals surface area contributed by atoms with E-state index in [9.17, 15) is 28.6 Å². The highest BCUT2D eigenvalue weighted by atomic mass is 127. The summed E-state index contributed by atoms with van der Waals surface area (Å²) in [4.78, 5) is 22.7. The van der Waals surface area contributed by atoms with Crippen LogP contribution in [0.25, 0.3) is 0 Å². The molecule has 0 saturated carbocycles. The number of aromatic hydroxyl groups is 1. The summed E-state index contributed by atoms with van der Waals surface area (Å²) < 4.78 is 32.6. The molecule has 1 unspecified atom stereocenters. The minimum absolute atomic E-state index is 0.0150. The van der Waals surface area contributed by atoms with Crippen molar-refractivity contribution in [1.82, 2.24) is 0 Å². The van der Waals surface area contributed by atoms with Crippen molar-refractivity contribution in [2.45, 2.75) is 25.9 Å². The summed E-state index contributed by atoms with van der Waals surface area (Å²) in [6.07, 6.45) is -2.16. The molecule has 0 aliphatic heterocycles. The first-order valence-corrected chi connectivity index (χ1v) is 8.12. The Balaban J connectivity index is 3.16. The van der Waals surface area contributed by atoms with E-state index in [-0.39, 0.29) is 11.3 Å². The van der Waals surface area contributed by atoms with Crippen LogP contribution in [0.15, 0.2) is 12.1 Å². The van der Waals surface area contributed by atoms with Gasteiger partial charge in [-0.3, -0.25) is 0 Å². The average Bonchev–Trinajstić information content (AvgIpc) is 2.33. The molecule has 1 atom stereocenters. The molecule has 122 valence electrons. The topological polar surface area (TPSA) is 86.7 Å². The molecule has 1 aromatic rings. The van der Waals surface area contributed by atoms with Gasteiger partial charge in [-0.15, -0.1) is 0 Å². The molecule has 0 amide bonds. The SMILES string of the molecule is CC(C)C(OC(=O)c1c(I)cc(O)cc1I)C(F)(F)C(=O)[O-]. The van der Waals surface area contributed by atoms with Gasteiger partial charge in [0.2, 0.25) is 0 Å². The summed E-state index contributed by atoms with van der Waals surface area (Å²) >= 11 is 3.49. The highest BCUT2D eigenvalue weighted by Crippen LogP contribution is 2.30. The number of carbonyl (C=O) groups is 2. The van der Waals surface area contributed by atoms with Gasteiger partial charge in [-0.05, 0) is 63.2 Å². The number of carboxylic acids is 1. The van der Waals surface area contributed by atoms with Crippen molar-refractivity contribution in [2.24, 2.45) is 5.92 Å². The summed E-state index contributed by atoms with van der Waals surface area (Å²) in [5.74, 6) is -9.03. The Morgan fingerprint density at radius 1 is 1.27 bits per heavy atom. The molecular weight excluding hydrogens is 528 g/mol. The van der Waals surface area contributed by atoms with Crippen LogP contribution in [0.1, 0.15) is 24.2 Å². The first kappa shape index (κ1) is 19.3. The van der Waals surface area contributed by atoms with Crippen LogP contribution < -0.4 is 5.11 Å². The highest BCUT2D eigenvalue weighted by Gasteiger charge is 2.46. The Labute approximate surface area is 152 Å². The molecule has 1 aromatic carbocycles. The van der Waals surface area contributed by atoms with Crippen molar-refractivity contribution in [3.8, 4) is 5.75 Å². The van der Waals surface area contributed by atoms with Crippen LogP contribution in [0.3, 0.4) is 0 Å². The number of phenols is 1. The molecule has 5 nitrogen and oxygen atoms in total. The third-order valence-electron chi connectivity index (χ3n) is 2.70. The Morgan fingerprint density at radius 3 is 2.09 bits per heavy atom. The molecule has 0 heterocycles. The highest BCUT2D eigenvalue weighted by molar-refractivity contribution is 14.1. The fourth-order valence-electron chi connectivity index (χ4n) is 1.67. The first-order valence-electron chi connectivity index (χ1n) is 5.96. The molecule has 0 spiro atoms. The van der Waals surface area contributed by atoms with E-state index in [1.807, 2.05) is 0 Å². The lowest BCUT2D eigenvalue weighted by molar-refractivity contribution is -0.337. The Kier molecular flexibility index (Phi) is 6.36. The van der Waals surface area contributed by atoms with Crippen LogP contribution in [0.2, 0.25) is 0 Å². The quantitative estimate of drug-likeness (QED) is 0.459. The van der Waals surface area contributed by atoms with Crippen molar-refractivity contribution in [1.29, 1.82) is 0 Å². The van der Waals surface area contributed by atoms with Crippen LogP contribution in [-0.2, 0) is 9.53 Å². The number of hydrogen-bond donors (Lipinski definition) is 1. The molecule has 0 fully saturated rings. The summed E-state index contributed by atoms with van der Waals surface area (Å²) in [7, 11) is 0. The largest absolute Gasteiger partial charge is 0.544 e. The standard InChI is InChI=1S/C13H12F2I2O5/c1-5(2)10(13(14,15)12(20)21)22-11(19)9-7(16)3-6(18)4-8(9)17/h3-5,10,18H,1-2H3,(H,20,21)/p-1. The van der Waals surface area contributed by atoms with Gasteiger partial charge in [0, 0.05) is 7.14 Å². The van der Waals surface area contributed by atoms with Crippen molar-refractivity contribution in [3.63, 3.8) is 0 Å². The minimum Gasteiger partial charge on any atom is -0.544 e. The molecular formula is C13H11F2I2O5-. The third-order valence-corrected chi connectivity index (χ3v) is 4.40. The van der Waals surface area contributed by atoms with Gasteiger partial charge in [-0.1, -0.05) is 13.8 Å². The third kappa shape index (κ3) is 4.18. The Hall–Kier alpha value is -0.720. The number of carbonyl (C=O) groups excluding carboxylic acids is 2. The van der Waals surface area contributed by atoms with E-state index in [1.165, 1.54) is 26.0 Å². The van der Waals surface area contributed by atoms with Crippen molar-refractivity contribution >= 4 is 57.1 Å². The normalized spacial score (nSPS) is 13.0. The summed E-state index contributed by atoms with van der Waals surface area (Å²) in [5.41, 5.74) is -0.0150. The van der Waals surface area contributed by atoms with Crippen LogP contribution in [0, 0.1) is 13.1 Å². The van der Waals surface area contributed by atoms with Crippen LogP contribution in [0.4, 0.5) is 8.78 Å². The van der Waals surface area contributed by atoms with Crippen LogP contribution >= 0.6 is 45.2 Å². The van der Waals surface area contributed by atoms with E-state index in [0.717, 1.165) is 0 Å². The van der Waals surface area contributed by atoms with Gasteiger partial charge in [-0.25, -0.2) is 4.79 Å². The zero-order valence-electron chi connectivity index (χ0n) is 11.4.